The van der Waals surface area contributed by atoms with Gasteiger partial charge in [-0.25, -0.2) is 0 Å². The molecule has 8 nitrogen and oxygen atoms in total. The minimum atomic E-state index is -0.650. The van der Waals surface area contributed by atoms with E-state index in [1.807, 2.05) is 13.8 Å². The maximum atomic E-state index is 13.0. The summed E-state index contributed by atoms with van der Waals surface area (Å²) in [6.07, 6.45) is 8.13. The summed E-state index contributed by atoms with van der Waals surface area (Å²) < 4.78 is 1.65. The van der Waals surface area contributed by atoms with Crippen LogP contribution in [-0.4, -0.2) is 33.9 Å². The van der Waals surface area contributed by atoms with Crippen LogP contribution in [0, 0.1) is 23.2 Å². The molecule has 2 saturated carbocycles. The average molecular weight is 372 g/mol. The quantitative estimate of drug-likeness (QED) is 0.491. The molecule has 8 heteroatoms. The summed E-state index contributed by atoms with van der Waals surface area (Å²) in [6.45, 7) is 3.90. The van der Waals surface area contributed by atoms with Gasteiger partial charge in [0.2, 0.25) is 5.91 Å². The fourth-order valence-corrected chi connectivity index (χ4v) is 3.69. The Morgan fingerprint density at radius 2 is 1.93 bits per heavy atom. The van der Waals surface area contributed by atoms with Crippen molar-refractivity contribution >= 4 is 18.0 Å². The van der Waals surface area contributed by atoms with Crippen LogP contribution in [0.4, 0.5) is 0 Å². The molecule has 1 heterocycles. The van der Waals surface area contributed by atoms with Crippen molar-refractivity contribution < 1.29 is 9.59 Å². The Morgan fingerprint density at radius 1 is 1.30 bits per heavy atom. The minimum absolute atomic E-state index is 0.0420. The van der Waals surface area contributed by atoms with Gasteiger partial charge in [0, 0.05) is 24.7 Å². The number of carbonyl (C=O) groups excluding carboxylic acids is 2. The highest BCUT2D eigenvalue weighted by molar-refractivity contribution is 5.98. The highest BCUT2D eigenvalue weighted by Crippen LogP contribution is 2.50. The van der Waals surface area contributed by atoms with Crippen molar-refractivity contribution in [3.05, 3.63) is 29.9 Å². The normalized spacial score (nSPS) is 18.4. The smallest absolute Gasteiger partial charge is 0.270 e. The zero-order chi connectivity index (χ0) is 19.6. The molecular weight excluding hydrogens is 344 g/mol. The number of aromatic nitrogens is 2. The second kappa shape index (κ2) is 7.94. The Kier molecular flexibility index (Phi) is 5.62. The Bertz CT molecular complexity index is 733. The first-order valence-electron chi connectivity index (χ1n) is 9.53. The molecule has 0 saturated heterocycles. The van der Waals surface area contributed by atoms with E-state index in [1.54, 1.807) is 16.9 Å². The molecule has 0 aliphatic heterocycles. The first-order valence-corrected chi connectivity index (χ1v) is 9.53. The van der Waals surface area contributed by atoms with Crippen LogP contribution in [0.15, 0.2) is 24.2 Å². The summed E-state index contributed by atoms with van der Waals surface area (Å²) >= 11 is 0. The predicted octanol–water partition coefficient (Wildman–Crippen LogP) is 1.56. The molecule has 5 N–H and O–H groups in total. The lowest BCUT2D eigenvalue weighted by molar-refractivity contribution is -0.123. The van der Waals surface area contributed by atoms with Crippen molar-refractivity contribution in [1.29, 1.82) is 5.41 Å². The number of rotatable bonds is 9. The molecule has 2 amide bonds. The molecule has 3 rings (SSSR count). The van der Waals surface area contributed by atoms with E-state index < -0.39 is 6.04 Å². The van der Waals surface area contributed by atoms with Gasteiger partial charge in [-0.05, 0) is 63.4 Å². The van der Waals surface area contributed by atoms with Gasteiger partial charge < -0.3 is 21.8 Å². The fourth-order valence-electron chi connectivity index (χ4n) is 3.69. The highest BCUT2D eigenvalue weighted by Gasteiger charge is 2.48. The summed E-state index contributed by atoms with van der Waals surface area (Å²) in [6, 6.07) is 1.05. The van der Waals surface area contributed by atoms with Crippen LogP contribution in [-0.2, 0) is 4.79 Å². The molecule has 1 atom stereocenters. The lowest BCUT2D eigenvalue weighted by atomic mass is 9.88. The number of amides is 2. The SMILES string of the molecule is CC(C)n1nccc1C(=O)NC(C(=O)N/C(C=N)=C/N)C(C1CC1)C1CC1. The van der Waals surface area contributed by atoms with Gasteiger partial charge in [0.1, 0.15) is 11.7 Å². The number of nitrogens with one attached hydrogen (secondary N) is 3. The molecule has 0 bridgehead atoms. The van der Waals surface area contributed by atoms with E-state index in [0.29, 0.717) is 17.5 Å². The number of carbonyl (C=O) groups is 2. The van der Waals surface area contributed by atoms with E-state index in [1.165, 1.54) is 6.20 Å². The maximum absolute atomic E-state index is 13.0. The number of nitrogens with two attached hydrogens (primary N) is 1. The topological polar surface area (TPSA) is 126 Å². The van der Waals surface area contributed by atoms with Gasteiger partial charge in [-0.15, -0.1) is 0 Å². The zero-order valence-corrected chi connectivity index (χ0v) is 15.8. The molecule has 2 aliphatic rings. The molecule has 146 valence electrons. The molecule has 2 aliphatic carbocycles. The summed E-state index contributed by atoms with van der Waals surface area (Å²) in [5, 5.41) is 17.2. The molecule has 0 spiro atoms. The van der Waals surface area contributed by atoms with Crippen LogP contribution in [0.5, 0.6) is 0 Å². The lowest BCUT2D eigenvalue weighted by Gasteiger charge is -2.27. The summed E-state index contributed by atoms with van der Waals surface area (Å²) in [7, 11) is 0. The van der Waals surface area contributed by atoms with E-state index in [-0.39, 0.29) is 29.5 Å². The molecular formula is C19H28N6O2. The molecule has 27 heavy (non-hydrogen) atoms. The van der Waals surface area contributed by atoms with E-state index in [0.717, 1.165) is 31.9 Å². The fraction of sp³-hybridized carbons (Fsp3) is 0.579. The van der Waals surface area contributed by atoms with E-state index in [4.69, 9.17) is 11.1 Å². The van der Waals surface area contributed by atoms with Crippen LogP contribution < -0.4 is 16.4 Å². The van der Waals surface area contributed by atoms with Crippen LogP contribution in [0.3, 0.4) is 0 Å². The Labute approximate surface area is 159 Å². The van der Waals surface area contributed by atoms with Crippen molar-refractivity contribution in [3.63, 3.8) is 0 Å². The second-order valence-electron chi connectivity index (χ2n) is 7.71. The summed E-state index contributed by atoms with van der Waals surface area (Å²) in [5.41, 5.74) is 6.12. The highest BCUT2D eigenvalue weighted by atomic mass is 16.2. The van der Waals surface area contributed by atoms with Gasteiger partial charge in [-0.2, -0.15) is 5.10 Å². The van der Waals surface area contributed by atoms with Crippen molar-refractivity contribution in [2.45, 2.75) is 51.6 Å². The van der Waals surface area contributed by atoms with Crippen LogP contribution in [0.1, 0.15) is 56.1 Å². The van der Waals surface area contributed by atoms with Gasteiger partial charge in [0.05, 0.1) is 5.70 Å². The zero-order valence-electron chi connectivity index (χ0n) is 15.8. The molecule has 1 unspecified atom stereocenters. The van der Waals surface area contributed by atoms with Gasteiger partial charge in [0.15, 0.2) is 0 Å². The van der Waals surface area contributed by atoms with E-state index in [9.17, 15) is 9.59 Å². The first kappa shape index (κ1) is 19.1. The third-order valence-electron chi connectivity index (χ3n) is 5.28. The molecule has 1 aromatic heterocycles. The number of allylic oxidation sites excluding steroid dienone is 1. The van der Waals surface area contributed by atoms with Crippen LogP contribution in [0.25, 0.3) is 0 Å². The molecule has 0 radical (unpaired) electrons. The van der Waals surface area contributed by atoms with Gasteiger partial charge in [-0.1, -0.05) is 0 Å². The lowest BCUT2D eigenvalue weighted by Crippen LogP contribution is -2.52. The van der Waals surface area contributed by atoms with Crippen molar-refractivity contribution in [2.75, 3.05) is 0 Å². The second-order valence-corrected chi connectivity index (χ2v) is 7.71. The monoisotopic (exact) mass is 372 g/mol. The third-order valence-corrected chi connectivity index (χ3v) is 5.28. The van der Waals surface area contributed by atoms with Gasteiger partial charge in [0.25, 0.3) is 5.91 Å². The number of hydrogen-bond acceptors (Lipinski definition) is 5. The average Bonchev–Trinajstić information content (AvgIpc) is 3.58. The predicted molar refractivity (Wildman–Crippen MR) is 102 cm³/mol. The third kappa shape index (κ3) is 4.37. The van der Waals surface area contributed by atoms with Crippen LogP contribution in [0.2, 0.25) is 0 Å². The van der Waals surface area contributed by atoms with E-state index in [2.05, 4.69) is 15.7 Å². The van der Waals surface area contributed by atoms with Gasteiger partial charge in [-0.3, -0.25) is 14.3 Å². The van der Waals surface area contributed by atoms with Crippen molar-refractivity contribution in [3.8, 4) is 0 Å². The Morgan fingerprint density at radius 3 is 2.41 bits per heavy atom. The Hall–Kier alpha value is -2.64. The largest absolute Gasteiger partial charge is 0.403 e. The number of nitrogens with zero attached hydrogens (tertiary/aromatic N) is 2. The van der Waals surface area contributed by atoms with Crippen molar-refractivity contribution in [1.82, 2.24) is 20.4 Å². The summed E-state index contributed by atoms with van der Waals surface area (Å²) in [5.74, 6) is 0.431. The maximum Gasteiger partial charge on any atom is 0.270 e. The van der Waals surface area contributed by atoms with Crippen LogP contribution >= 0.6 is 0 Å². The standard InChI is InChI=1S/C19H28N6O2/c1-11(2)25-15(7-8-22-25)18(26)24-17(19(27)23-14(9-20)10-21)16(12-3-4-12)13-5-6-13/h7-13,16-17,20H,3-6,21H2,1-2H3,(H,23,27)(H,24,26)/b14-10+,20-9?. The van der Waals surface area contributed by atoms with E-state index >= 15 is 0 Å². The van der Waals surface area contributed by atoms with Gasteiger partial charge >= 0.3 is 0 Å². The first-order chi connectivity index (χ1) is 13.0. The summed E-state index contributed by atoms with van der Waals surface area (Å²) in [4.78, 5) is 25.9. The molecule has 2 fully saturated rings. The Balaban J connectivity index is 1.82. The van der Waals surface area contributed by atoms with Crippen molar-refractivity contribution in [2.24, 2.45) is 23.5 Å². The minimum Gasteiger partial charge on any atom is -0.403 e. The number of hydrogen-bond donors (Lipinski definition) is 4. The molecule has 1 aromatic rings. The molecule has 0 aromatic carbocycles.